The van der Waals surface area contributed by atoms with Crippen LogP contribution < -0.4 is 4.72 Å². The fourth-order valence-corrected chi connectivity index (χ4v) is 2.58. The average Bonchev–Trinajstić information content (AvgIpc) is 2.36. The van der Waals surface area contributed by atoms with E-state index in [0.717, 1.165) is 5.56 Å². The van der Waals surface area contributed by atoms with Gasteiger partial charge in [-0.3, -0.25) is 4.98 Å². The predicted octanol–water partition coefficient (Wildman–Crippen LogP) is 1.81. The van der Waals surface area contributed by atoms with Crippen molar-refractivity contribution in [3.05, 3.63) is 30.1 Å². The molecular weight excluding hydrogens is 272 g/mol. The zero-order chi connectivity index (χ0) is 13.6. The van der Waals surface area contributed by atoms with Crippen LogP contribution in [0.2, 0.25) is 0 Å². The summed E-state index contributed by atoms with van der Waals surface area (Å²) in [6.07, 6.45) is 3.80. The number of hydrogen-bond acceptors (Lipinski definition) is 3. The molecule has 0 saturated carbocycles. The van der Waals surface area contributed by atoms with Gasteiger partial charge in [0.15, 0.2) is 0 Å². The number of sulfonamides is 1. The molecule has 0 bridgehead atoms. The Morgan fingerprint density at radius 2 is 1.94 bits per heavy atom. The summed E-state index contributed by atoms with van der Waals surface area (Å²) in [7, 11) is -3.25. The van der Waals surface area contributed by atoms with E-state index in [4.69, 9.17) is 11.6 Å². The molecule has 0 unspecified atom stereocenters. The Balaban J connectivity index is 2.46. The van der Waals surface area contributed by atoms with Crippen LogP contribution in [0, 0.1) is 5.41 Å². The van der Waals surface area contributed by atoms with Gasteiger partial charge >= 0.3 is 0 Å². The maximum absolute atomic E-state index is 11.8. The van der Waals surface area contributed by atoms with Crippen molar-refractivity contribution in [1.29, 1.82) is 0 Å². The lowest BCUT2D eigenvalue weighted by Gasteiger charge is -2.21. The van der Waals surface area contributed by atoms with Crippen LogP contribution in [-0.4, -0.2) is 31.6 Å². The molecule has 0 radical (unpaired) electrons. The van der Waals surface area contributed by atoms with E-state index in [9.17, 15) is 8.42 Å². The quantitative estimate of drug-likeness (QED) is 0.779. The lowest BCUT2D eigenvalue weighted by atomic mass is 9.97. The third-order valence-corrected chi connectivity index (χ3v) is 4.59. The van der Waals surface area contributed by atoms with Gasteiger partial charge in [0.05, 0.1) is 5.75 Å². The van der Waals surface area contributed by atoms with Crippen LogP contribution in [0.15, 0.2) is 24.5 Å². The Kier molecular flexibility index (Phi) is 5.56. The Morgan fingerprint density at radius 1 is 1.33 bits per heavy atom. The Morgan fingerprint density at radius 3 is 2.50 bits per heavy atom. The molecule has 1 heterocycles. The summed E-state index contributed by atoms with van der Waals surface area (Å²) < 4.78 is 26.2. The van der Waals surface area contributed by atoms with Gasteiger partial charge in [0.2, 0.25) is 10.0 Å². The molecule has 1 rings (SSSR count). The van der Waals surface area contributed by atoms with Gasteiger partial charge in [-0.25, -0.2) is 13.1 Å². The third-order valence-electron chi connectivity index (χ3n) is 2.54. The highest BCUT2D eigenvalue weighted by atomic mass is 35.5. The first-order valence-electron chi connectivity index (χ1n) is 5.77. The fourth-order valence-electron chi connectivity index (χ4n) is 1.23. The number of nitrogens with zero attached hydrogens (tertiary/aromatic N) is 1. The highest BCUT2D eigenvalue weighted by Gasteiger charge is 2.20. The number of alkyl halides is 1. The molecule has 1 aromatic heterocycles. The molecule has 1 N–H and O–H groups in total. The largest absolute Gasteiger partial charge is 0.265 e. The molecule has 102 valence electrons. The molecule has 0 fully saturated rings. The first kappa shape index (κ1) is 15.4. The van der Waals surface area contributed by atoms with Crippen LogP contribution in [0.3, 0.4) is 0 Å². The fraction of sp³-hybridized carbons (Fsp3) is 0.583. The number of halogens is 1. The van der Waals surface area contributed by atoms with Gasteiger partial charge in [0, 0.05) is 24.8 Å². The topological polar surface area (TPSA) is 59.1 Å². The predicted molar refractivity (Wildman–Crippen MR) is 74.2 cm³/mol. The molecule has 0 spiro atoms. The van der Waals surface area contributed by atoms with E-state index in [1.54, 1.807) is 12.4 Å². The summed E-state index contributed by atoms with van der Waals surface area (Å²) in [5.74, 6) is 0.495. The van der Waals surface area contributed by atoms with E-state index in [0.29, 0.717) is 18.8 Å². The van der Waals surface area contributed by atoms with Crippen LogP contribution in [0.5, 0.6) is 0 Å². The SMILES string of the molecule is CC(C)(CCl)CNS(=O)(=O)CCc1ccncc1. The molecule has 0 amide bonds. The summed E-state index contributed by atoms with van der Waals surface area (Å²) in [4.78, 5) is 3.89. The zero-order valence-electron chi connectivity index (χ0n) is 10.7. The van der Waals surface area contributed by atoms with Gasteiger partial charge in [-0.05, 0) is 29.5 Å². The van der Waals surface area contributed by atoms with Crippen molar-refractivity contribution in [3.8, 4) is 0 Å². The summed E-state index contributed by atoms with van der Waals surface area (Å²) in [5.41, 5.74) is 0.734. The summed E-state index contributed by atoms with van der Waals surface area (Å²) in [6, 6.07) is 3.64. The first-order chi connectivity index (χ1) is 8.35. The van der Waals surface area contributed by atoms with E-state index in [1.807, 2.05) is 26.0 Å². The molecule has 4 nitrogen and oxygen atoms in total. The highest BCUT2D eigenvalue weighted by molar-refractivity contribution is 7.89. The second-order valence-corrected chi connectivity index (χ2v) is 7.24. The van der Waals surface area contributed by atoms with Gasteiger partial charge in [0.25, 0.3) is 0 Å². The lowest BCUT2D eigenvalue weighted by molar-refractivity contribution is 0.414. The third kappa shape index (κ3) is 5.80. The van der Waals surface area contributed by atoms with Crippen molar-refractivity contribution in [1.82, 2.24) is 9.71 Å². The minimum atomic E-state index is -3.25. The molecule has 0 aromatic carbocycles. The smallest absolute Gasteiger partial charge is 0.211 e. The van der Waals surface area contributed by atoms with E-state index < -0.39 is 10.0 Å². The monoisotopic (exact) mass is 290 g/mol. The van der Waals surface area contributed by atoms with Gasteiger partial charge in [-0.1, -0.05) is 13.8 Å². The molecule has 0 aliphatic carbocycles. The van der Waals surface area contributed by atoms with Crippen molar-refractivity contribution in [2.24, 2.45) is 5.41 Å². The number of aryl methyl sites for hydroxylation is 1. The van der Waals surface area contributed by atoms with Crippen LogP contribution in [0.4, 0.5) is 0 Å². The van der Waals surface area contributed by atoms with E-state index in [1.165, 1.54) is 0 Å². The van der Waals surface area contributed by atoms with E-state index in [-0.39, 0.29) is 11.2 Å². The van der Waals surface area contributed by atoms with Gasteiger partial charge in [-0.2, -0.15) is 0 Å². The average molecular weight is 291 g/mol. The molecule has 6 heteroatoms. The van der Waals surface area contributed by atoms with Crippen LogP contribution in [-0.2, 0) is 16.4 Å². The molecule has 0 aliphatic heterocycles. The first-order valence-corrected chi connectivity index (χ1v) is 7.95. The standard InChI is InChI=1S/C12H19ClN2O2S/c1-12(2,9-13)10-15-18(16,17)8-5-11-3-6-14-7-4-11/h3-4,6-7,15H,5,8-10H2,1-2H3. The summed E-state index contributed by atoms with van der Waals surface area (Å²) >= 11 is 5.75. The molecule has 1 aromatic rings. The van der Waals surface area contributed by atoms with Crippen LogP contribution in [0.1, 0.15) is 19.4 Å². The number of rotatable bonds is 7. The second kappa shape index (κ2) is 6.50. The zero-order valence-corrected chi connectivity index (χ0v) is 12.3. The number of hydrogen-bond donors (Lipinski definition) is 1. The maximum Gasteiger partial charge on any atom is 0.211 e. The molecular formula is C12H19ClN2O2S. The van der Waals surface area contributed by atoms with Gasteiger partial charge in [0.1, 0.15) is 0 Å². The normalized spacial score (nSPS) is 12.6. The number of aromatic nitrogens is 1. The lowest BCUT2D eigenvalue weighted by Crippen LogP contribution is -2.36. The van der Waals surface area contributed by atoms with E-state index >= 15 is 0 Å². The molecule has 0 saturated heterocycles. The van der Waals surface area contributed by atoms with Crippen molar-refractivity contribution in [3.63, 3.8) is 0 Å². The van der Waals surface area contributed by atoms with Crippen molar-refractivity contribution < 1.29 is 8.42 Å². The Bertz CT molecular complexity index is 460. The van der Waals surface area contributed by atoms with Crippen LogP contribution in [0.25, 0.3) is 0 Å². The highest BCUT2D eigenvalue weighted by Crippen LogP contribution is 2.15. The minimum Gasteiger partial charge on any atom is -0.265 e. The summed E-state index contributed by atoms with van der Waals surface area (Å²) in [6.45, 7) is 4.20. The molecule has 0 aliphatic rings. The van der Waals surface area contributed by atoms with Crippen LogP contribution >= 0.6 is 11.6 Å². The minimum absolute atomic E-state index is 0.0787. The Labute approximate surface area is 114 Å². The number of pyridine rings is 1. The molecule has 0 atom stereocenters. The van der Waals surface area contributed by atoms with E-state index in [2.05, 4.69) is 9.71 Å². The second-order valence-electron chi connectivity index (χ2n) is 5.04. The van der Waals surface area contributed by atoms with Crippen molar-refractivity contribution in [2.45, 2.75) is 20.3 Å². The Hall–Kier alpha value is -0.650. The van der Waals surface area contributed by atoms with Crippen molar-refractivity contribution >= 4 is 21.6 Å². The molecule has 18 heavy (non-hydrogen) atoms. The number of nitrogens with one attached hydrogen (secondary N) is 1. The summed E-state index contributed by atoms with van der Waals surface area (Å²) in [5, 5.41) is 0. The maximum atomic E-state index is 11.8. The van der Waals surface area contributed by atoms with Gasteiger partial charge in [-0.15, -0.1) is 11.6 Å². The van der Waals surface area contributed by atoms with Gasteiger partial charge < -0.3 is 0 Å². The van der Waals surface area contributed by atoms with Crippen molar-refractivity contribution in [2.75, 3.05) is 18.2 Å².